The highest BCUT2D eigenvalue weighted by atomic mass is 16.5. The third kappa shape index (κ3) is 2.38. The predicted octanol–water partition coefficient (Wildman–Crippen LogP) is 0.971. The van der Waals surface area contributed by atoms with Crippen LogP contribution in [0.3, 0.4) is 0 Å². The molecule has 0 bridgehead atoms. The molecule has 1 rings (SSSR count). The first-order valence-corrected chi connectivity index (χ1v) is 4.24. The molecule has 0 amide bonds. The van der Waals surface area contributed by atoms with Gasteiger partial charge < -0.3 is 15.2 Å². The maximum Gasteiger partial charge on any atom is 0.121 e. The minimum atomic E-state index is 0.0298. The predicted molar refractivity (Wildman–Crippen MR) is 53.3 cm³/mol. The molecule has 0 aliphatic rings. The fourth-order valence-electron chi connectivity index (χ4n) is 1.08. The van der Waals surface area contributed by atoms with Gasteiger partial charge in [-0.05, 0) is 12.1 Å². The third-order valence-electron chi connectivity index (χ3n) is 1.77. The molecule has 74 valence electrons. The van der Waals surface area contributed by atoms with Crippen molar-refractivity contribution in [3.8, 4) is 11.8 Å². The molecule has 0 radical (unpaired) electrons. The monoisotopic (exact) mass is 192 g/mol. The second-order valence-corrected chi connectivity index (χ2v) is 2.67. The van der Waals surface area contributed by atoms with Crippen molar-refractivity contribution in [2.45, 2.75) is 0 Å². The molecule has 0 aromatic heterocycles. The van der Waals surface area contributed by atoms with Crippen molar-refractivity contribution < 1.29 is 9.84 Å². The zero-order valence-corrected chi connectivity index (χ0v) is 7.95. The summed E-state index contributed by atoms with van der Waals surface area (Å²) in [6.07, 6.45) is 0. The lowest BCUT2D eigenvalue weighted by atomic mass is 10.2. The van der Waals surface area contributed by atoms with E-state index in [1.807, 2.05) is 0 Å². The number of benzene rings is 1. The van der Waals surface area contributed by atoms with Crippen molar-refractivity contribution in [2.24, 2.45) is 0 Å². The highest BCUT2D eigenvalue weighted by Crippen LogP contribution is 2.21. The van der Waals surface area contributed by atoms with Crippen molar-refractivity contribution in [2.75, 3.05) is 25.6 Å². The number of rotatable bonds is 4. The molecule has 0 aliphatic heterocycles. The number of nitriles is 1. The van der Waals surface area contributed by atoms with Crippen molar-refractivity contribution in [1.29, 1.82) is 5.26 Å². The molecule has 14 heavy (non-hydrogen) atoms. The smallest absolute Gasteiger partial charge is 0.121 e. The summed E-state index contributed by atoms with van der Waals surface area (Å²) in [5.74, 6) is 0.685. The number of aliphatic hydroxyl groups is 1. The van der Waals surface area contributed by atoms with Gasteiger partial charge in [0.25, 0.3) is 0 Å². The summed E-state index contributed by atoms with van der Waals surface area (Å²) in [5.41, 5.74) is 1.22. The Morgan fingerprint density at radius 2 is 2.36 bits per heavy atom. The molecule has 1 aromatic rings. The van der Waals surface area contributed by atoms with Crippen LogP contribution in [0.5, 0.6) is 5.75 Å². The molecule has 0 atom stereocenters. The molecule has 4 nitrogen and oxygen atoms in total. The molecule has 0 fully saturated rings. The quantitative estimate of drug-likeness (QED) is 0.746. The van der Waals surface area contributed by atoms with Crippen LogP contribution in [0.25, 0.3) is 0 Å². The maximum atomic E-state index is 8.79. The van der Waals surface area contributed by atoms with Gasteiger partial charge >= 0.3 is 0 Å². The van der Waals surface area contributed by atoms with Gasteiger partial charge in [0, 0.05) is 12.6 Å². The number of nitrogens with zero attached hydrogens (tertiary/aromatic N) is 1. The van der Waals surface area contributed by atoms with Crippen LogP contribution in [0.2, 0.25) is 0 Å². The zero-order valence-electron chi connectivity index (χ0n) is 7.95. The Balaban J connectivity index is 2.91. The van der Waals surface area contributed by atoms with E-state index in [1.165, 1.54) is 0 Å². The first-order valence-electron chi connectivity index (χ1n) is 4.24. The lowest BCUT2D eigenvalue weighted by molar-refractivity contribution is 0.311. The lowest BCUT2D eigenvalue weighted by Crippen LogP contribution is -2.06. The van der Waals surface area contributed by atoms with Crippen LogP contribution < -0.4 is 10.1 Å². The highest BCUT2D eigenvalue weighted by molar-refractivity contribution is 5.60. The Hall–Kier alpha value is -1.73. The second kappa shape index (κ2) is 5.10. The van der Waals surface area contributed by atoms with E-state index in [2.05, 4.69) is 11.4 Å². The maximum absolute atomic E-state index is 8.79. The Bertz CT molecular complexity index is 344. The number of methoxy groups -OCH3 is 1. The summed E-state index contributed by atoms with van der Waals surface area (Å²) in [5, 5.41) is 20.4. The van der Waals surface area contributed by atoms with E-state index in [1.54, 1.807) is 25.3 Å². The molecule has 0 saturated carbocycles. The molecular weight excluding hydrogens is 180 g/mol. The first kappa shape index (κ1) is 10.4. The van der Waals surface area contributed by atoms with Crippen LogP contribution in [0, 0.1) is 11.3 Å². The summed E-state index contributed by atoms with van der Waals surface area (Å²) >= 11 is 0. The zero-order chi connectivity index (χ0) is 10.4. The van der Waals surface area contributed by atoms with Gasteiger partial charge in [-0.3, -0.25) is 0 Å². The summed E-state index contributed by atoms with van der Waals surface area (Å²) in [6.45, 7) is 0.448. The molecule has 4 heteroatoms. The molecule has 1 aromatic carbocycles. The molecule has 2 N–H and O–H groups in total. The van der Waals surface area contributed by atoms with E-state index in [0.717, 1.165) is 0 Å². The average Bonchev–Trinajstić information content (AvgIpc) is 2.25. The van der Waals surface area contributed by atoms with Gasteiger partial charge in [0.15, 0.2) is 0 Å². The van der Waals surface area contributed by atoms with Crippen molar-refractivity contribution in [1.82, 2.24) is 0 Å². The minimum absolute atomic E-state index is 0.0298. The molecular formula is C10H12N2O2. The normalized spacial score (nSPS) is 9.21. The second-order valence-electron chi connectivity index (χ2n) is 2.67. The number of hydrogen-bond acceptors (Lipinski definition) is 4. The van der Waals surface area contributed by atoms with Crippen molar-refractivity contribution >= 4 is 5.69 Å². The number of hydrogen-bond donors (Lipinski definition) is 2. The van der Waals surface area contributed by atoms with Gasteiger partial charge in [0.1, 0.15) is 11.8 Å². The standard InChI is InChI=1S/C10H12N2O2/c1-14-9-3-2-8(7-11)10(6-9)12-4-5-13/h2-3,6,12-13H,4-5H2,1H3. The van der Waals surface area contributed by atoms with E-state index in [9.17, 15) is 0 Å². The van der Waals surface area contributed by atoms with Gasteiger partial charge in [0.2, 0.25) is 0 Å². The highest BCUT2D eigenvalue weighted by Gasteiger charge is 2.02. The number of anilines is 1. The van der Waals surface area contributed by atoms with E-state index in [4.69, 9.17) is 15.1 Å². The lowest BCUT2D eigenvalue weighted by Gasteiger charge is -2.08. The Morgan fingerprint density at radius 3 is 2.93 bits per heavy atom. The number of ether oxygens (including phenoxy) is 1. The van der Waals surface area contributed by atoms with Crippen LogP contribution >= 0.6 is 0 Å². The van der Waals surface area contributed by atoms with Gasteiger partial charge in [-0.15, -0.1) is 0 Å². The van der Waals surface area contributed by atoms with Gasteiger partial charge in [-0.25, -0.2) is 0 Å². The Morgan fingerprint density at radius 1 is 1.57 bits per heavy atom. The molecule has 0 heterocycles. The summed E-state index contributed by atoms with van der Waals surface area (Å²) < 4.78 is 5.02. The van der Waals surface area contributed by atoms with Gasteiger partial charge in [0.05, 0.1) is 25.0 Å². The van der Waals surface area contributed by atoms with Crippen molar-refractivity contribution in [3.05, 3.63) is 23.8 Å². The van der Waals surface area contributed by atoms with Gasteiger partial charge in [-0.2, -0.15) is 5.26 Å². The van der Waals surface area contributed by atoms with E-state index in [-0.39, 0.29) is 6.61 Å². The van der Waals surface area contributed by atoms with Crippen LogP contribution in [0.4, 0.5) is 5.69 Å². The van der Waals surface area contributed by atoms with E-state index < -0.39 is 0 Å². The van der Waals surface area contributed by atoms with Gasteiger partial charge in [-0.1, -0.05) is 0 Å². The summed E-state index contributed by atoms with van der Waals surface area (Å²) in [6, 6.07) is 7.19. The van der Waals surface area contributed by atoms with E-state index in [0.29, 0.717) is 23.5 Å². The molecule has 0 spiro atoms. The number of nitrogens with one attached hydrogen (secondary N) is 1. The third-order valence-corrected chi connectivity index (χ3v) is 1.77. The molecule has 0 aliphatic carbocycles. The largest absolute Gasteiger partial charge is 0.497 e. The fraction of sp³-hybridized carbons (Fsp3) is 0.300. The summed E-state index contributed by atoms with van der Waals surface area (Å²) in [7, 11) is 1.57. The molecule has 0 saturated heterocycles. The Labute approximate surface area is 82.7 Å². The van der Waals surface area contributed by atoms with Crippen molar-refractivity contribution in [3.63, 3.8) is 0 Å². The van der Waals surface area contributed by atoms with Crippen LogP contribution in [0.1, 0.15) is 5.56 Å². The molecule has 0 unspecified atom stereocenters. The SMILES string of the molecule is COc1ccc(C#N)c(NCCO)c1. The number of aliphatic hydroxyl groups excluding tert-OH is 1. The Kier molecular flexibility index (Phi) is 3.77. The van der Waals surface area contributed by atoms with Crippen LogP contribution in [-0.4, -0.2) is 25.4 Å². The fourth-order valence-corrected chi connectivity index (χ4v) is 1.08. The van der Waals surface area contributed by atoms with E-state index >= 15 is 0 Å². The van der Waals surface area contributed by atoms with Crippen LogP contribution in [0.15, 0.2) is 18.2 Å². The topological polar surface area (TPSA) is 65.3 Å². The summed E-state index contributed by atoms with van der Waals surface area (Å²) in [4.78, 5) is 0. The average molecular weight is 192 g/mol. The first-order chi connectivity index (χ1) is 6.81. The minimum Gasteiger partial charge on any atom is -0.497 e. The van der Waals surface area contributed by atoms with Crippen LogP contribution in [-0.2, 0) is 0 Å².